The van der Waals surface area contributed by atoms with Crippen LogP contribution in [0.4, 0.5) is 0 Å². The van der Waals surface area contributed by atoms with Crippen molar-refractivity contribution >= 4 is 23.2 Å². The van der Waals surface area contributed by atoms with Gasteiger partial charge in [-0.1, -0.05) is 0 Å². The summed E-state index contributed by atoms with van der Waals surface area (Å²) in [5.41, 5.74) is 1.97. The van der Waals surface area contributed by atoms with Crippen molar-refractivity contribution in [2.45, 2.75) is 19.9 Å². The van der Waals surface area contributed by atoms with Gasteiger partial charge in [0, 0.05) is 18.5 Å². The topological polar surface area (TPSA) is 62.3 Å². The van der Waals surface area contributed by atoms with E-state index >= 15 is 0 Å². The summed E-state index contributed by atoms with van der Waals surface area (Å²) >= 11 is 1.36. The van der Waals surface area contributed by atoms with Gasteiger partial charge in [-0.3, -0.25) is 9.59 Å². The fourth-order valence-corrected chi connectivity index (χ4v) is 1.69. The van der Waals surface area contributed by atoms with Crippen molar-refractivity contribution in [3.8, 4) is 0 Å². The van der Waals surface area contributed by atoms with Gasteiger partial charge in [0.25, 0.3) is 5.91 Å². The average Bonchev–Trinajstić information content (AvgIpc) is 2.67. The molecule has 88 valence electrons. The molecular weight excluding hydrogens is 226 g/mol. The number of carbonyl (C=O) groups is 2. The average molecular weight is 241 g/mol. The zero-order chi connectivity index (χ0) is 12.1. The molecule has 0 saturated carbocycles. The van der Waals surface area contributed by atoms with E-state index in [2.05, 4.69) is 10.3 Å². The van der Waals surface area contributed by atoms with Gasteiger partial charge in [0.1, 0.15) is 5.69 Å². The third kappa shape index (κ3) is 3.62. The number of thiazole rings is 1. The highest BCUT2D eigenvalue weighted by Crippen LogP contribution is 2.03. The molecule has 0 unspecified atom stereocenters. The number of carbonyl (C=O) groups excluding carboxylic acids is 2. The van der Waals surface area contributed by atoms with E-state index in [1.54, 1.807) is 17.9 Å². The molecule has 1 rings (SSSR count). The fraction of sp³-hybridized carbons (Fsp3) is 0.500. The highest BCUT2D eigenvalue weighted by atomic mass is 32.1. The lowest BCUT2D eigenvalue weighted by Crippen LogP contribution is -2.40. The van der Waals surface area contributed by atoms with Gasteiger partial charge in [-0.05, 0) is 13.8 Å². The summed E-state index contributed by atoms with van der Waals surface area (Å²) in [5.74, 6) is -0.402. The maximum absolute atomic E-state index is 11.7. The van der Waals surface area contributed by atoms with Crippen molar-refractivity contribution in [3.63, 3.8) is 0 Å². The first-order valence-corrected chi connectivity index (χ1v) is 5.88. The van der Waals surface area contributed by atoms with Crippen molar-refractivity contribution in [2.75, 3.05) is 13.6 Å². The fourth-order valence-electron chi connectivity index (χ4n) is 1.17. The second kappa shape index (κ2) is 5.60. The monoisotopic (exact) mass is 241 g/mol. The van der Waals surface area contributed by atoms with Crippen LogP contribution in [0.15, 0.2) is 10.9 Å². The van der Waals surface area contributed by atoms with E-state index in [4.69, 9.17) is 0 Å². The van der Waals surface area contributed by atoms with Crippen LogP contribution >= 0.6 is 11.3 Å². The van der Waals surface area contributed by atoms with E-state index in [1.807, 2.05) is 13.8 Å². The molecular formula is C10H15N3O2S. The molecule has 0 spiro atoms. The Kier molecular flexibility index (Phi) is 4.42. The standard InChI is InChI=1S/C10H15N3O2S/c1-7(2)12-9(14)4-13(3)10(15)8-5-16-6-11-8/h5-7H,4H2,1-3H3,(H,12,14). The van der Waals surface area contributed by atoms with Gasteiger partial charge in [-0.15, -0.1) is 11.3 Å². The van der Waals surface area contributed by atoms with Crippen LogP contribution in [-0.2, 0) is 4.79 Å². The third-order valence-electron chi connectivity index (χ3n) is 1.83. The molecule has 5 nitrogen and oxygen atoms in total. The molecule has 0 bridgehead atoms. The smallest absolute Gasteiger partial charge is 0.273 e. The number of nitrogens with one attached hydrogen (secondary N) is 1. The van der Waals surface area contributed by atoms with Crippen molar-refractivity contribution in [3.05, 3.63) is 16.6 Å². The minimum absolute atomic E-state index is 0.0501. The molecule has 1 N–H and O–H groups in total. The van der Waals surface area contributed by atoms with Gasteiger partial charge >= 0.3 is 0 Å². The van der Waals surface area contributed by atoms with Crippen LogP contribution in [-0.4, -0.2) is 41.3 Å². The Hall–Kier alpha value is -1.43. The van der Waals surface area contributed by atoms with Gasteiger partial charge in [0.15, 0.2) is 0 Å². The predicted molar refractivity (Wildman–Crippen MR) is 62.4 cm³/mol. The Bertz CT molecular complexity index is 362. The Morgan fingerprint density at radius 1 is 1.56 bits per heavy atom. The Morgan fingerprint density at radius 3 is 2.75 bits per heavy atom. The van der Waals surface area contributed by atoms with Crippen molar-refractivity contribution in [1.82, 2.24) is 15.2 Å². The van der Waals surface area contributed by atoms with Gasteiger partial charge < -0.3 is 10.2 Å². The molecule has 6 heteroatoms. The summed E-state index contributed by atoms with van der Waals surface area (Å²) in [7, 11) is 1.58. The van der Waals surface area contributed by atoms with Crippen LogP contribution in [0.5, 0.6) is 0 Å². The lowest BCUT2D eigenvalue weighted by Gasteiger charge is -2.16. The van der Waals surface area contributed by atoms with Crippen molar-refractivity contribution < 1.29 is 9.59 Å². The van der Waals surface area contributed by atoms with E-state index < -0.39 is 0 Å². The molecule has 16 heavy (non-hydrogen) atoms. The van der Waals surface area contributed by atoms with E-state index in [1.165, 1.54) is 16.2 Å². The molecule has 1 aromatic rings. The number of hydrogen-bond donors (Lipinski definition) is 1. The van der Waals surface area contributed by atoms with E-state index in [0.29, 0.717) is 5.69 Å². The minimum atomic E-state index is -0.236. The number of aromatic nitrogens is 1. The van der Waals surface area contributed by atoms with Crippen molar-refractivity contribution in [2.24, 2.45) is 0 Å². The number of likely N-dealkylation sites (N-methyl/N-ethyl adjacent to an activating group) is 1. The minimum Gasteiger partial charge on any atom is -0.352 e. The van der Waals surface area contributed by atoms with Gasteiger partial charge in [-0.2, -0.15) is 0 Å². The van der Waals surface area contributed by atoms with E-state index in [-0.39, 0.29) is 24.4 Å². The van der Waals surface area contributed by atoms with Gasteiger partial charge in [0.05, 0.1) is 12.1 Å². The number of nitrogens with zero attached hydrogens (tertiary/aromatic N) is 2. The highest BCUT2D eigenvalue weighted by Gasteiger charge is 2.16. The van der Waals surface area contributed by atoms with Crippen LogP contribution in [0.1, 0.15) is 24.3 Å². The first-order valence-electron chi connectivity index (χ1n) is 4.93. The third-order valence-corrected chi connectivity index (χ3v) is 2.42. The van der Waals surface area contributed by atoms with Gasteiger partial charge in [0.2, 0.25) is 5.91 Å². The molecule has 0 aromatic carbocycles. The van der Waals surface area contributed by atoms with E-state index in [0.717, 1.165) is 0 Å². The van der Waals surface area contributed by atoms with Crippen molar-refractivity contribution in [1.29, 1.82) is 0 Å². The molecule has 1 aromatic heterocycles. The van der Waals surface area contributed by atoms with Crippen LogP contribution in [0.3, 0.4) is 0 Å². The maximum atomic E-state index is 11.7. The Labute approximate surface area is 98.5 Å². The summed E-state index contributed by atoms with van der Waals surface area (Å²) in [6.07, 6.45) is 0. The summed E-state index contributed by atoms with van der Waals surface area (Å²) < 4.78 is 0. The molecule has 0 saturated heterocycles. The normalized spacial score (nSPS) is 10.2. The Balaban J connectivity index is 2.49. The summed E-state index contributed by atoms with van der Waals surface area (Å²) in [5, 5.41) is 4.39. The number of amides is 2. The molecule has 0 atom stereocenters. The molecule has 0 radical (unpaired) electrons. The second-order valence-electron chi connectivity index (χ2n) is 3.76. The molecule has 0 aliphatic carbocycles. The quantitative estimate of drug-likeness (QED) is 0.845. The lowest BCUT2D eigenvalue weighted by molar-refractivity contribution is -0.122. The molecule has 0 fully saturated rings. The molecule has 2 amide bonds. The second-order valence-corrected chi connectivity index (χ2v) is 4.48. The summed E-state index contributed by atoms with van der Waals surface area (Å²) in [6.45, 7) is 3.80. The van der Waals surface area contributed by atoms with Crippen LogP contribution < -0.4 is 5.32 Å². The Morgan fingerprint density at radius 2 is 2.25 bits per heavy atom. The van der Waals surface area contributed by atoms with Crippen LogP contribution in [0, 0.1) is 0 Å². The highest BCUT2D eigenvalue weighted by molar-refractivity contribution is 7.07. The SMILES string of the molecule is CC(C)NC(=O)CN(C)C(=O)c1cscn1. The predicted octanol–water partition coefficient (Wildman–Crippen LogP) is 0.740. The van der Waals surface area contributed by atoms with E-state index in [9.17, 15) is 9.59 Å². The summed E-state index contributed by atoms with van der Waals surface area (Å²) in [6, 6.07) is 0.0790. The summed E-state index contributed by atoms with van der Waals surface area (Å²) in [4.78, 5) is 28.4. The van der Waals surface area contributed by atoms with Gasteiger partial charge in [-0.25, -0.2) is 4.98 Å². The first kappa shape index (κ1) is 12.6. The first-order chi connectivity index (χ1) is 7.50. The molecule has 0 aliphatic rings. The largest absolute Gasteiger partial charge is 0.352 e. The zero-order valence-corrected chi connectivity index (χ0v) is 10.4. The maximum Gasteiger partial charge on any atom is 0.273 e. The van der Waals surface area contributed by atoms with Crippen LogP contribution in [0.25, 0.3) is 0 Å². The molecule has 1 heterocycles. The number of hydrogen-bond acceptors (Lipinski definition) is 4. The molecule has 0 aliphatic heterocycles. The number of rotatable bonds is 4. The zero-order valence-electron chi connectivity index (χ0n) is 9.56. The van der Waals surface area contributed by atoms with Crippen LogP contribution in [0.2, 0.25) is 0 Å². The lowest BCUT2D eigenvalue weighted by atomic mass is 10.3.